The molecule has 0 saturated carbocycles. The molecule has 3 heterocycles. The first-order chi connectivity index (χ1) is 13.1. The van der Waals surface area contributed by atoms with Gasteiger partial charge in [0.05, 0.1) is 7.11 Å². The maximum atomic E-state index is 13.9. The molecule has 2 saturated heterocycles. The zero-order valence-corrected chi connectivity index (χ0v) is 15.7. The largest absolute Gasteiger partial charge is 0.453 e. The van der Waals surface area contributed by atoms with Gasteiger partial charge in [0, 0.05) is 36.8 Å². The number of ether oxygens (including phenoxy) is 1. The van der Waals surface area contributed by atoms with Crippen molar-refractivity contribution in [1.82, 2.24) is 9.80 Å². The first-order valence-electron chi connectivity index (χ1n) is 9.65. The van der Waals surface area contributed by atoms with Crippen LogP contribution in [0.4, 0.5) is 14.9 Å². The molecule has 0 aromatic heterocycles. The Hall–Kier alpha value is -2.15. The number of anilines is 1. The quantitative estimate of drug-likeness (QED) is 0.745. The van der Waals surface area contributed by atoms with E-state index in [1.54, 1.807) is 21.9 Å². The number of hydrogen-bond acceptors (Lipinski definition) is 4. The SMILES string of the molecule is COC(=O)N1CCC(N2CCC3(CC2)CN(C=O)c2ccc(F)cc23)CC1. The Morgan fingerprint density at radius 1 is 1.22 bits per heavy atom. The van der Waals surface area contributed by atoms with Crippen LogP contribution in [0.2, 0.25) is 0 Å². The third kappa shape index (κ3) is 3.18. The maximum absolute atomic E-state index is 13.9. The molecule has 1 aromatic rings. The van der Waals surface area contributed by atoms with Gasteiger partial charge in [-0.2, -0.15) is 0 Å². The third-order valence-electron chi connectivity index (χ3n) is 6.61. The van der Waals surface area contributed by atoms with Gasteiger partial charge < -0.3 is 19.4 Å². The van der Waals surface area contributed by atoms with Gasteiger partial charge in [-0.1, -0.05) is 0 Å². The maximum Gasteiger partial charge on any atom is 0.409 e. The Balaban J connectivity index is 1.42. The molecular formula is C20H26FN3O3. The zero-order chi connectivity index (χ0) is 19.0. The van der Waals surface area contributed by atoms with Crippen molar-refractivity contribution in [3.8, 4) is 0 Å². The van der Waals surface area contributed by atoms with Crippen LogP contribution in [0.1, 0.15) is 31.2 Å². The summed E-state index contributed by atoms with van der Waals surface area (Å²) in [5, 5.41) is 0. The standard InChI is InChI=1S/C20H26FN3O3/c1-27-19(26)23-8-4-16(5-9-23)22-10-6-20(7-11-22)13-24(14-25)18-3-2-15(21)12-17(18)20/h2-3,12,14,16H,4-11,13H2,1H3. The molecule has 2 fully saturated rings. The van der Waals surface area contributed by atoms with E-state index < -0.39 is 0 Å². The number of piperidine rings is 2. The van der Waals surface area contributed by atoms with Gasteiger partial charge >= 0.3 is 6.09 Å². The smallest absolute Gasteiger partial charge is 0.409 e. The summed E-state index contributed by atoms with van der Waals surface area (Å²) in [7, 11) is 1.42. The molecule has 2 amide bonds. The van der Waals surface area contributed by atoms with Crippen LogP contribution in [-0.2, 0) is 14.9 Å². The molecule has 0 unspecified atom stereocenters. The molecular weight excluding hydrogens is 349 g/mol. The highest BCUT2D eigenvalue weighted by atomic mass is 19.1. The van der Waals surface area contributed by atoms with Crippen molar-refractivity contribution < 1.29 is 18.7 Å². The van der Waals surface area contributed by atoms with Gasteiger partial charge in [0.1, 0.15) is 5.82 Å². The van der Waals surface area contributed by atoms with E-state index in [1.165, 1.54) is 13.2 Å². The lowest BCUT2D eigenvalue weighted by atomic mass is 9.74. The predicted molar refractivity (Wildman–Crippen MR) is 99.3 cm³/mol. The second kappa shape index (κ2) is 7.11. The van der Waals surface area contributed by atoms with Crippen molar-refractivity contribution in [3.63, 3.8) is 0 Å². The van der Waals surface area contributed by atoms with Crippen LogP contribution in [0, 0.1) is 5.82 Å². The Labute approximate surface area is 158 Å². The molecule has 7 heteroatoms. The molecule has 0 aliphatic carbocycles. The average Bonchev–Trinajstić information content (AvgIpc) is 3.01. The molecule has 146 valence electrons. The fourth-order valence-electron chi connectivity index (χ4n) is 5.06. The third-order valence-corrected chi connectivity index (χ3v) is 6.61. The highest BCUT2D eigenvalue weighted by Crippen LogP contribution is 2.47. The Bertz CT molecular complexity index is 725. The van der Waals surface area contributed by atoms with Crippen LogP contribution in [0.25, 0.3) is 0 Å². The number of amides is 2. The molecule has 1 aromatic carbocycles. The number of likely N-dealkylation sites (tertiary alicyclic amines) is 2. The van der Waals surface area contributed by atoms with Crippen LogP contribution in [0.3, 0.4) is 0 Å². The van der Waals surface area contributed by atoms with Gasteiger partial charge in [0.15, 0.2) is 0 Å². The molecule has 4 rings (SSSR count). The minimum Gasteiger partial charge on any atom is -0.453 e. The molecule has 0 atom stereocenters. The topological polar surface area (TPSA) is 53.1 Å². The lowest BCUT2D eigenvalue weighted by Crippen LogP contribution is -2.52. The second-order valence-corrected chi connectivity index (χ2v) is 7.90. The Kier molecular flexibility index (Phi) is 4.80. The molecule has 1 spiro atoms. The number of methoxy groups -OCH3 is 1. The highest BCUT2D eigenvalue weighted by molar-refractivity contribution is 5.81. The van der Waals surface area contributed by atoms with E-state index in [0.29, 0.717) is 12.6 Å². The van der Waals surface area contributed by atoms with Crippen molar-refractivity contribution in [2.45, 2.75) is 37.1 Å². The van der Waals surface area contributed by atoms with E-state index >= 15 is 0 Å². The molecule has 3 aliphatic heterocycles. The highest BCUT2D eigenvalue weighted by Gasteiger charge is 2.45. The van der Waals surface area contributed by atoms with E-state index in [-0.39, 0.29) is 17.3 Å². The van der Waals surface area contributed by atoms with Gasteiger partial charge in [-0.25, -0.2) is 9.18 Å². The van der Waals surface area contributed by atoms with Crippen molar-refractivity contribution in [2.75, 3.05) is 44.7 Å². The molecule has 0 radical (unpaired) electrons. The van der Waals surface area contributed by atoms with Crippen LogP contribution in [0.15, 0.2) is 18.2 Å². The zero-order valence-electron chi connectivity index (χ0n) is 15.7. The van der Waals surface area contributed by atoms with Crippen LogP contribution >= 0.6 is 0 Å². The van der Waals surface area contributed by atoms with Gasteiger partial charge in [-0.15, -0.1) is 0 Å². The van der Waals surface area contributed by atoms with Gasteiger partial charge in [0.25, 0.3) is 0 Å². The Morgan fingerprint density at radius 3 is 2.56 bits per heavy atom. The van der Waals surface area contributed by atoms with Crippen molar-refractivity contribution in [3.05, 3.63) is 29.6 Å². The fourth-order valence-corrected chi connectivity index (χ4v) is 5.06. The van der Waals surface area contributed by atoms with Crippen molar-refractivity contribution in [2.24, 2.45) is 0 Å². The number of hydrogen-bond donors (Lipinski definition) is 0. The molecule has 3 aliphatic rings. The minimum absolute atomic E-state index is 0.137. The van der Waals surface area contributed by atoms with E-state index in [0.717, 1.165) is 69.5 Å². The van der Waals surface area contributed by atoms with Gasteiger partial charge in [-0.05, 0) is 62.5 Å². The summed E-state index contributed by atoms with van der Waals surface area (Å²) < 4.78 is 18.7. The second-order valence-electron chi connectivity index (χ2n) is 7.90. The number of fused-ring (bicyclic) bond motifs is 2. The van der Waals surface area contributed by atoms with E-state index in [1.807, 2.05) is 0 Å². The average molecular weight is 375 g/mol. The molecule has 0 bridgehead atoms. The van der Waals surface area contributed by atoms with E-state index in [4.69, 9.17) is 4.74 Å². The number of rotatable bonds is 2. The Morgan fingerprint density at radius 2 is 1.93 bits per heavy atom. The van der Waals surface area contributed by atoms with Crippen molar-refractivity contribution >= 4 is 18.2 Å². The summed E-state index contributed by atoms with van der Waals surface area (Å²) in [6.07, 6.45) is 4.36. The van der Waals surface area contributed by atoms with E-state index in [9.17, 15) is 14.0 Å². The number of nitrogens with zero attached hydrogens (tertiary/aromatic N) is 3. The van der Waals surface area contributed by atoms with Gasteiger partial charge in [-0.3, -0.25) is 4.79 Å². The number of carbonyl (C=O) groups is 2. The van der Waals surface area contributed by atoms with Crippen LogP contribution in [0.5, 0.6) is 0 Å². The fraction of sp³-hybridized carbons (Fsp3) is 0.600. The molecule has 27 heavy (non-hydrogen) atoms. The minimum atomic E-state index is -0.246. The van der Waals surface area contributed by atoms with Crippen molar-refractivity contribution in [1.29, 1.82) is 0 Å². The molecule has 6 nitrogen and oxygen atoms in total. The summed E-state index contributed by atoms with van der Waals surface area (Å²) in [5.41, 5.74) is 1.70. The summed E-state index contributed by atoms with van der Waals surface area (Å²) in [6.45, 7) is 3.97. The summed E-state index contributed by atoms with van der Waals surface area (Å²) >= 11 is 0. The number of halogens is 1. The van der Waals surface area contributed by atoms with Gasteiger partial charge in [0.2, 0.25) is 6.41 Å². The normalized spacial score (nSPS) is 22.7. The lowest BCUT2D eigenvalue weighted by molar-refractivity contribution is -0.107. The van der Waals surface area contributed by atoms with Crippen LogP contribution < -0.4 is 4.90 Å². The summed E-state index contributed by atoms with van der Waals surface area (Å²) in [4.78, 5) is 29.1. The summed E-state index contributed by atoms with van der Waals surface area (Å²) in [5.74, 6) is -0.238. The first-order valence-corrected chi connectivity index (χ1v) is 9.65. The molecule has 0 N–H and O–H groups in total. The number of carbonyl (C=O) groups excluding carboxylic acids is 2. The predicted octanol–water partition coefficient (Wildman–Crippen LogP) is 2.37. The monoisotopic (exact) mass is 375 g/mol. The lowest BCUT2D eigenvalue weighted by Gasteiger charge is -2.45. The summed E-state index contributed by atoms with van der Waals surface area (Å²) in [6, 6.07) is 5.24. The number of benzene rings is 1. The van der Waals surface area contributed by atoms with Crippen LogP contribution in [-0.4, -0.2) is 68.2 Å². The van der Waals surface area contributed by atoms with E-state index in [2.05, 4.69) is 4.90 Å². The first kappa shape index (κ1) is 18.2.